The maximum absolute atomic E-state index is 13.8. The molecule has 5 aromatic rings. The van der Waals surface area contributed by atoms with E-state index in [9.17, 15) is 14.0 Å². The van der Waals surface area contributed by atoms with Gasteiger partial charge in [0.2, 0.25) is 0 Å². The SMILES string of the molecule is COc1ccc(C(=O)NCc2nnc(SCC(=O)N3N=C(c4cccs4)C[C@H]3c3ccc(C)cc3)n2-c2ccc(F)cc2)cc1. The highest BCUT2D eigenvalue weighted by atomic mass is 32.2. The average Bonchev–Trinajstić information content (AvgIpc) is 3.84. The van der Waals surface area contributed by atoms with Crippen LogP contribution in [0.25, 0.3) is 5.69 Å². The highest BCUT2D eigenvalue weighted by Crippen LogP contribution is 2.35. The van der Waals surface area contributed by atoms with Crippen LogP contribution >= 0.6 is 23.1 Å². The van der Waals surface area contributed by atoms with E-state index < -0.39 is 0 Å². The molecule has 9 nitrogen and oxygen atoms in total. The second kappa shape index (κ2) is 13.4. The van der Waals surface area contributed by atoms with Crippen molar-refractivity contribution < 1.29 is 18.7 Å². The normalized spacial score (nSPS) is 14.3. The number of aryl methyl sites for hydroxylation is 1. The molecule has 0 radical (unpaired) electrons. The van der Waals surface area contributed by atoms with Gasteiger partial charge in [-0.2, -0.15) is 5.10 Å². The maximum Gasteiger partial charge on any atom is 0.253 e. The number of hydrogen-bond donors (Lipinski definition) is 1. The third-order valence-corrected chi connectivity index (χ3v) is 9.14. The third-order valence-electron chi connectivity index (χ3n) is 7.30. The summed E-state index contributed by atoms with van der Waals surface area (Å²) < 4.78 is 20.7. The first-order chi connectivity index (χ1) is 21.9. The lowest BCUT2D eigenvalue weighted by atomic mass is 10.00. The van der Waals surface area contributed by atoms with Crippen LogP contribution in [-0.2, 0) is 11.3 Å². The van der Waals surface area contributed by atoms with Crippen LogP contribution in [-0.4, -0.2) is 50.2 Å². The van der Waals surface area contributed by atoms with E-state index in [0.29, 0.717) is 34.4 Å². The van der Waals surface area contributed by atoms with Gasteiger partial charge in [-0.1, -0.05) is 47.7 Å². The summed E-state index contributed by atoms with van der Waals surface area (Å²) in [4.78, 5) is 27.6. The number of nitrogens with zero attached hydrogens (tertiary/aromatic N) is 5. The van der Waals surface area contributed by atoms with E-state index in [2.05, 4.69) is 15.5 Å². The predicted octanol–water partition coefficient (Wildman–Crippen LogP) is 6.18. The van der Waals surface area contributed by atoms with Gasteiger partial charge in [-0.3, -0.25) is 14.2 Å². The van der Waals surface area contributed by atoms with Crippen LogP contribution in [0.2, 0.25) is 0 Å². The Hall–Kier alpha value is -4.81. The van der Waals surface area contributed by atoms with Crippen molar-refractivity contribution in [2.75, 3.05) is 12.9 Å². The highest BCUT2D eigenvalue weighted by molar-refractivity contribution is 7.99. The first kappa shape index (κ1) is 30.2. The second-order valence-electron chi connectivity index (χ2n) is 10.3. The number of halogens is 1. The molecule has 1 N–H and O–H groups in total. The zero-order chi connectivity index (χ0) is 31.3. The van der Waals surface area contributed by atoms with Crippen molar-refractivity contribution in [2.24, 2.45) is 5.10 Å². The summed E-state index contributed by atoms with van der Waals surface area (Å²) in [6.07, 6.45) is 0.615. The minimum atomic E-state index is -0.388. The van der Waals surface area contributed by atoms with Crippen molar-refractivity contribution in [2.45, 2.75) is 31.1 Å². The molecule has 6 rings (SSSR count). The Labute approximate surface area is 267 Å². The lowest BCUT2D eigenvalue weighted by Crippen LogP contribution is -2.28. The zero-order valence-corrected chi connectivity index (χ0v) is 26.1. The lowest BCUT2D eigenvalue weighted by molar-refractivity contribution is -0.130. The molecule has 2 amide bonds. The van der Waals surface area contributed by atoms with Gasteiger partial charge in [0, 0.05) is 17.7 Å². The number of hydrazone groups is 1. The van der Waals surface area contributed by atoms with Crippen LogP contribution in [0.5, 0.6) is 5.75 Å². The Balaban J connectivity index is 1.22. The Morgan fingerprint density at radius 2 is 1.78 bits per heavy atom. The number of benzene rings is 3. The van der Waals surface area contributed by atoms with Crippen molar-refractivity contribution in [1.29, 1.82) is 0 Å². The summed E-state index contributed by atoms with van der Waals surface area (Å²) in [5.74, 6) is 0.246. The smallest absolute Gasteiger partial charge is 0.253 e. The van der Waals surface area contributed by atoms with Gasteiger partial charge in [-0.05, 0) is 72.5 Å². The van der Waals surface area contributed by atoms with Gasteiger partial charge in [0.15, 0.2) is 11.0 Å². The van der Waals surface area contributed by atoms with Crippen molar-refractivity contribution in [3.05, 3.63) is 124 Å². The van der Waals surface area contributed by atoms with Crippen LogP contribution in [0.1, 0.15) is 44.6 Å². The summed E-state index contributed by atoms with van der Waals surface area (Å²) in [5, 5.41) is 20.3. The van der Waals surface area contributed by atoms with E-state index in [1.807, 2.05) is 48.7 Å². The summed E-state index contributed by atoms with van der Waals surface area (Å²) in [5.41, 5.74) is 4.08. The molecule has 0 saturated heterocycles. The van der Waals surface area contributed by atoms with Crippen LogP contribution in [0.4, 0.5) is 4.39 Å². The predicted molar refractivity (Wildman–Crippen MR) is 172 cm³/mol. The number of nitrogens with one attached hydrogen (secondary N) is 1. The van der Waals surface area contributed by atoms with E-state index in [4.69, 9.17) is 9.84 Å². The Bertz CT molecular complexity index is 1820. The topological polar surface area (TPSA) is 102 Å². The molecule has 2 aromatic heterocycles. The number of carbonyl (C=O) groups is 2. The fourth-order valence-corrected chi connectivity index (χ4v) is 6.48. The van der Waals surface area contributed by atoms with Crippen molar-refractivity contribution in [3.63, 3.8) is 0 Å². The molecule has 1 aliphatic rings. The number of ether oxygens (including phenoxy) is 1. The number of amides is 2. The number of carbonyl (C=O) groups excluding carboxylic acids is 2. The Morgan fingerprint density at radius 3 is 2.47 bits per heavy atom. The molecule has 0 saturated carbocycles. The van der Waals surface area contributed by atoms with E-state index in [1.165, 1.54) is 23.9 Å². The Kier molecular flexibility index (Phi) is 9.03. The Morgan fingerprint density at radius 1 is 1.02 bits per heavy atom. The van der Waals surface area contributed by atoms with Crippen molar-refractivity contribution in [3.8, 4) is 11.4 Å². The number of hydrogen-bond acceptors (Lipinski definition) is 8. The summed E-state index contributed by atoms with van der Waals surface area (Å²) >= 11 is 2.80. The fraction of sp³-hybridized carbons (Fsp3) is 0.182. The third kappa shape index (κ3) is 6.81. The molecule has 0 aliphatic carbocycles. The van der Waals surface area contributed by atoms with Gasteiger partial charge in [-0.15, -0.1) is 21.5 Å². The molecular weight excluding hydrogens is 612 g/mol. The largest absolute Gasteiger partial charge is 0.497 e. The van der Waals surface area contributed by atoms with Crippen molar-refractivity contribution in [1.82, 2.24) is 25.1 Å². The molecule has 3 heterocycles. The van der Waals surface area contributed by atoms with Gasteiger partial charge >= 0.3 is 0 Å². The molecule has 0 bridgehead atoms. The molecule has 3 aromatic carbocycles. The number of thioether (sulfide) groups is 1. The van der Waals surface area contributed by atoms with E-state index >= 15 is 0 Å². The number of methoxy groups -OCH3 is 1. The molecule has 12 heteroatoms. The molecule has 1 atom stereocenters. The summed E-state index contributed by atoms with van der Waals surface area (Å²) in [6, 6.07) is 24.5. The van der Waals surface area contributed by atoms with Gasteiger partial charge in [0.05, 0.1) is 36.0 Å². The van der Waals surface area contributed by atoms with Crippen LogP contribution < -0.4 is 10.1 Å². The quantitative estimate of drug-likeness (QED) is 0.183. The van der Waals surface area contributed by atoms with E-state index in [0.717, 1.165) is 21.7 Å². The van der Waals surface area contributed by atoms with Crippen LogP contribution in [0.15, 0.2) is 101 Å². The first-order valence-electron chi connectivity index (χ1n) is 14.1. The molecule has 1 aliphatic heterocycles. The van der Waals surface area contributed by atoms with Crippen LogP contribution in [0, 0.1) is 12.7 Å². The first-order valence-corrected chi connectivity index (χ1v) is 16.0. The molecule has 0 spiro atoms. The minimum absolute atomic E-state index is 0.0428. The number of thiophene rings is 1. The molecule has 0 unspecified atom stereocenters. The minimum Gasteiger partial charge on any atom is -0.497 e. The lowest BCUT2D eigenvalue weighted by Gasteiger charge is -2.22. The fourth-order valence-electron chi connectivity index (χ4n) is 4.93. The average molecular weight is 641 g/mol. The number of aromatic nitrogens is 3. The molecule has 0 fully saturated rings. The molecule has 45 heavy (non-hydrogen) atoms. The standard InChI is InChI=1S/C33H29FN6O3S2/c1-21-5-7-22(8-6-21)28-18-27(29-4-3-17-44-29)38-40(28)31(41)20-45-33-37-36-30(39(33)25-13-11-24(34)12-14-25)19-35-32(42)23-9-15-26(43-2)16-10-23/h3-17,28H,18-20H2,1-2H3,(H,35,42)/t28-/m0/s1. The molecular formula is C33H29FN6O3S2. The van der Waals surface area contributed by atoms with Crippen molar-refractivity contribution >= 4 is 40.6 Å². The monoisotopic (exact) mass is 640 g/mol. The summed E-state index contributed by atoms with van der Waals surface area (Å²) in [7, 11) is 1.56. The zero-order valence-electron chi connectivity index (χ0n) is 24.5. The van der Waals surface area contributed by atoms with Gasteiger partial charge in [0.1, 0.15) is 11.6 Å². The van der Waals surface area contributed by atoms with Crippen LogP contribution in [0.3, 0.4) is 0 Å². The summed E-state index contributed by atoms with van der Waals surface area (Å²) in [6.45, 7) is 2.08. The molecule has 228 valence electrons. The van der Waals surface area contributed by atoms with Gasteiger partial charge < -0.3 is 10.1 Å². The van der Waals surface area contributed by atoms with Gasteiger partial charge in [-0.25, -0.2) is 9.40 Å². The second-order valence-corrected chi connectivity index (χ2v) is 12.2. The highest BCUT2D eigenvalue weighted by Gasteiger charge is 2.33. The van der Waals surface area contributed by atoms with E-state index in [-0.39, 0.29) is 36.0 Å². The maximum atomic E-state index is 13.8. The van der Waals surface area contributed by atoms with E-state index in [1.54, 1.807) is 64.4 Å². The van der Waals surface area contributed by atoms with Gasteiger partial charge in [0.25, 0.3) is 11.8 Å². The number of rotatable bonds is 10.